The predicted molar refractivity (Wildman–Crippen MR) is 66.3 cm³/mol. The minimum atomic E-state index is -0.413. The molecule has 1 aromatic carbocycles. The SMILES string of the molecule is Cc1cccc([N+](=O)[O-])c1-c1nnc(CCl)s1. The normalized spacial score (nSPS) is 10.5. The minimum absolute atomic E-state index is 0.0438. The molecule has 2 rings (SSSR count). The molecular weight excluding hydrogens is 262 g/mol. The van der Waals surface area contributed by atoms with Crippen molar-refractivity contribution in [1.82, 2.24) is 10.2 Å². The van der Waals surface area contributed by atoms with Crippen molar-refractivity contribution in [2.75, 3.05) is 0 Å². The molecule has 0 aliphatic heterocycles. The Hall–Kier alpha value is -1.53. The number of hydrogen-bond acceptors (Lipinski definition) is 5. The number of nitro benzene ring substituents is 1. The first kappa shape index (κ1) is 11.9. The van der Waals surface area contributed by atoms with Crippen molar-refractivity contribution < 1.29 is 4.92 Å². The van der Waals surface area contributed by atoms with Crippen LogP contribution in [0.15, 0.2) is 18.2 Å². The number of nitro groups is 1. The zero-order chi connectivity index (χ0) is 12.4. The lowest BCUT2D eigenvalue weighted by Crippen LogP contribution is -1.93. The van der Waals surface area contributed by atoms with Crippen LogP contribution in [0.1, 0.15) is 10.6 Å². The number of hydrogen-bond donors (Lipinski definition) is 0. The smallest absolute Gasteiger partial charge is 0.258 e. The second-order valence-electron chi connectivity index (χ2n) is 3.36. The number of nitrogens with zero attached hydrogens (tertiary/aromatic N) is 3. The van der Waals surface area contributed by atoms with E-state index in [0.29, 0.717) is 15.6 Å². The summed E-state index contributed by atoms with van der Waals surface area (Å²) in [5.41, 5.74) is 1.37. The first-order valence-electron chi connectivity index (χ1n) is 4.76. The van der Waals surface area contributed by atoms with E-state index in [-0.39, 0.29) is 11.6 Å². The van der Waals surface area contributed by atoms with E-state index in [0.717, 1.165) is 5.56 Å². The zero-order valence-electron chi connectivity index (χ0n) is 8.88. The monoisotopic (exact) mass is 269 g/mol. The third-order valence-electron chi connectivity index (χ3n) is 2.24. The zero-order valence-corrected chi connectivity index (χ0v) is 10.5. The van der Waals surface area contributed by atoms with Gasteiger partial charge in [0.05, 0.1) is 16.4 Å². The highest BCUT2D eigenvalue weighted by Gasteiger charge is 2.20. The van der Waals surface area contributed by atoms with Crippen molar-refractivity contribution in [1.29, 1.82) is 0 Å². The third kappa shape index (κ3) is 2.27. The summed E-state index contributed by atoms with van der Waals surface area (Å²) in [6.45, 7) is 1.81. The fraction of sp³-hybridized carbons (Fsp3) is 0.200. The number of rotatable bonds is 3. The Labute approximate surface area is 106 Å². The summed E-state index contributed by atoms with van der Waals surface area (Å²) < 4.78 is 0. The molecule has 0 atom stereocenters. The Bertz CT molecular complexity index is 570. The molecule has 0 saturated carbocycles. The summed E-state index contributed by atoms with van der Waals surface area (Å²) in [5, 5.41) is 20.0. The molecule has 5 nitrogen and oxygen atoms in total. The van der Waals surface area contributed by atoms with Crippen LogP contribution in [0.25, 0.3) is 10.6 Å². The van der Waals surface area contributed by atoms with Gasteiger partial charge in [0.2, 0.25) is 0 Å². The molecule has 7 heteroatoms. The van der Waals surface area contributed by atoms with Crippen LogP contribution in [-0.2, 0) is 5.88 Å². The van der Waals surface area contributed by atoms with Crippen molar-refractivity contribution in [3.8, 4) is 10.6 Å². The van der Waals surface area contributed by atoms with E-state index in [1.807, 2.05) is 13.0 Å². The molecule has 1 aromatic heterocycles. The molecule has 0 fully saturated rings. The first-order chi connectivity index (χ1) is 8.13. The Morgan fingerprint density at radius 3 is 2.82 bits per heavy atom. The highest BCUT2D eigenvalue weighted by molar-refractivity contribution is 7.14. The molecule has 0 unspecified atom stereocenters. The summed E-state index contributed by atoms with van der Waals surface area (Å²) in [6, 6.07) is 4.93. The van der Waals surface area contributed by atoms with Crippen LogP contribution in [-0.4, -0.2) is 15.1 Å². The van der Waals surface area contributed by atoms with Crippen LogP contribution in [0.4, 0.5) is 5.69 Å². The van der Waals surface area contributed by atoms with Gasteiger partial charge in [-0.25, -0.2) is 0 Å². The van der Waals surface area contributed by atoms with Crippen molar-refractivity contribution in [2.24, 2.45) is 0 Å². The van der Waals surface area contributed by atoms with Gasteiger partial charge in [0.15, 0.2) is 5.01 Å². The maximum absolute atomic E-state index is 11.0. The molecule has 2 aromatic rings. The van der Waals surface area contributed by atoms with Gasteiger partial charge in [0, 0.05) is 6.07 Å². The summed E-state index contributed by atoms with van der Waals surface area (Å²) in [7, 11) is 0. The van der Waals surface area contributed by atoms with E-state index in [9.17, 15) is 10.1 Å². The van der Waals surface area contributed by atoms with E-state index in [2.05, 4.69) is 10.2 Å². The average Bonchev–Trinajstić information content (AvgIpc) is 2.76. The van der Waals surface area contributed by atoms with Gasteiger partial charge in [-0.15, -0.1) is 21.8 Å². The van der Waals surface area contributed by atoms with E-state index in [1.165, 1.54) is 17.4 Å². The van der Waals surface area contributed by atoms with Crippen molar-refractivity contribution in [3.05, 3.63) is 38.9 Å². The highest BCUT2D eigenvalue weighted by Crippen LogP contribution is 2.34. The number of alkyl halides is 1. The van der Waals surface area contributed by atoms with E-state index in [4.69, 9.17) is 11.6 Å². The van der Waals surface area contributed by atoms with Gasteiger partial charge in [-0.05, 0) is 12.5 Å². The Kier molecular flexibility index (Phi) is 3.35. The van der Waals surface area contributed by atoms with Gasteiger partial charge in [-0.3, -0.25) is 10.1 Å². The molecule has 0 N–H and O–H groups in total. The van der Waals surface area contributed by atoms with Crippen LogP contribution >= 0.6 is 22.9 Å². The van der Waals surface area contributed by atoms with E-state index < -0.39 is 4.92 Å². The molecule has 88 valence electrons. The number of aryl methyl sites for hydroxylation is 1. The summed E-state index contributed by atoms with van der Waals surface area (Å²) in [5.74, 6) is 0.261. The number of aromatic nitrogens is 2. The lowest BCUT2D eigenvalue weighted by molar-refractivity contribution is -0.384. The molecule has 0 amide bonds. The van der Waals surface area contributed by atoms with Gasteiger partial charge < -0.3 is 0 Å². The van der Waals surface area contributed by atoms with E-state index in [1.54, 1.807) is 6.07 Å². The first-order valence-corrected chi connectivity index (χ1v) is 6.11. The summed E-state index contributed by atoms with van der Waals surface area (Å²) in [4.78, 5) is 10.5. The van der Waals surface area contributed by atoms with E-state index >= 15 is 0 Å². The quantitative estimate of drug-likeness (QED) is 0.487. The summed E-state index contributed by atoms with van der Waals surface area (Å²) in [6.07, 6.45) is 0. The lowest BCUT2D eigenvalue weighted by Gasteiger charge is -2.02. The lowest BCUT2D eigenvalue weighted by atomic mass is 10.1. The van der Waals surface area contributed by atoms with Crippen LogP contribution in [0.2, 0.25) is 0 Å². The van der Waals surface area contributed by atoms with Gasteiger partial charge in [0.25, 0.3) is 5.69 Å². The number of halogens is 1. The molecular formula is C10H8ClN3O2S. The minimum Gasteiger partial charge on any atom is -0.258 e. The van der Waals surface area contributed by atoms with Gasteiger partial charge in [-0.1, -0.05) is 23.5 Å². The molecule has 0 spiro atoms. The maximum atomic E-state index is 11.0. The van der Waals surface area contributed by atoms with Gasteiger partial charge in [-0.2, -0.15) is 0 Å². The Morgan fingerprint density at radius 2 is 2.24 bits per heavy atom. The fourth-order valence-corrected chi connectivity index (χ4v) is 2.52. The molecule has 1 heterocycles. The Morgan fingerprint density at radius 1 is 1.47 bits per heavy atom. The second kappa shape index (κ2) is 4.77. The second-order valence-corrected chi connectivity index (χ2v) is 4.69. The third-order valence-corrected chi connectivity index (χ3v) is 3.59. The predicted octanol–water partition coefficient (Wildman–Crippen LogP) is 3.16. The van der Waals surface area contributed by atoms with Crippen molar-refractivity contribution in [3.63, 3.8) is 0 Å². The molecule has 0 saturated heterocycles. The molecule has 0 aliphatic rings. The largest absolute Gasteiger partial charge is 0.279 e. The van der Waals surface area contributed by atoms with Crippen LogP contribution < -0.4 is 0 Å². The summed E-state index contributed by atoms with van der Waals surface area (Å²) >= 11 is 6.92. The van der Waals surface area contributed by atoms with Crippen LogP contribution in [0.3, 0.4) is 0 Å². The van der Waals surface area contributed by atoms with Crippen LogP contribution in [0.5, 0.6) is 0 Å². The Balaban J connectivity index is 2.61. The molecule has 0 bridgehead atoms. The van der Waals surface area contributed by atoms with Gasteiger partial charge >= 0.3 is 0 Å². The van der Waals surface area contributed by atoms with Crippen molar-refractivity contribution in [2.45, 2.75) is 12.8 Å². The topological polar surface area (TPSA) is 68.9 Å². The van der Waals surface area contributed by atoms with Crippen LogP contribution in [0, 0.1) is 17.0 Å². The highest BCUT2D eigenvalue weighted by atomic mass is 35.5. The standard InChI is InChI=1S/C10H8ClN3O2S/c1-6-3-2-4-7(14(15)16)9(6)10-13-12-8(5-11)17-10/h2-4H,5H2,1H3. The van der Waals surface area contributed by atoms with Gasteiger partial charge in [0.1, 0.15) is 5.01 Å². The number of benzene rings is 1. The van der Waals surface area contributed by atoms with Crippen molar-refractivity contribution >= 4 is 28.6 Å². The average molecular weight is 270 g/mol. The molecule has 17 heavy (non-hydrogen) atoms. The maximum Gasteiger partial charge on any atom is 0.279 e. The molecule has 0 radical (unpaired) electrons. The molecule has 0 aliphatic carbocycles. The fourth-order valence-electron chi connectivity index (χ4n) is 1.49.